The van der Waals surface area contributed by atoms with Crippen LogP contribution >= 0.6 is 0 Å². The highest BCUT2D eigenvalue weighted by molar-refractivity contribution is 5.79. The van der Waals surface area contributed by atoms with Gasteiger partial charge in [-0.1, -0.05) is 6.07 Å². The lowest BCUT2D eigenvalue weighted by molar-refractivity contribution is -0.132. The summed E-state index contributed by atoms with van der Waals surface area (Å²) in [4.78, 5) is 10.5. The van der Waals surface area contributed by atoms with E-state index < -0.39 is 29.7 Å². The van der Waals surface area contributed by atoms with Gasteiger partial charge in [0.1, 0.15) is 17.7 Å². The van der Waals surface area contributed by atoms with Gasteiger partial charge in [0.15, 0.2) is 6.10 Å². The molecule has 0 heterocycles. The van der Waals surface area contributed by atoms with Crippen LogP contribution in [0.1, 0.15) is 11.7 Å². The van der Waals surface area contributed by atoms with Crippen LogP contribution in [-0.2, 0) is 4.79 Å². The Morgan fingerprint density at radius 1 is 1.33 bits per heavy atom. The van der Waals surface area contributed by atoms with Crippen molar-refractivity contribution in [2.45, 2.75) is 12.2 Å². The number of primary amides is 1. The van der Waals surface area contributed by atoms with E-state index in [4.69, 9.17) is 10.8 Å². The summed E-state index contributed by atoms with van der Waals surface area (Å²) in [5.41, 5.74) is 4.32. The third kappa shape index (κ3) is 2.48. The summed E-state index contributed by atoms with van der Waals surface area (Å²) < 4.78 is 25.6. The fraction of sp³-hybridized carbons (Fsp3) is 0.222. The second kappa shape index (κ2) is 4.33. The van der Waals surface area contributed by atoms with Gasteiger partial charge in [0.05, 0.1) is 0 Å². The molecule has 0 radical (unpaired) electrons. The normalized spacial score (nSPS) is 14.7. The van der Waals surface area contributed by atoms with Crippen molar-refractivity contribution in [1.29, 1.82) is 0 Å². The zero-order valence-electron chi connectivity index (χ0n) is 7.52. The Hall–Kier alpha value is -1.53. The number of halogens is 2. The molecular weight excluding hydrogens is 208 g/mol. The van der Waals surface area contributed by atoms with Gasteiger partial charge in [0, 0.05) is 11.6 Å². The number of aliphatic hydroxyl groups excluding tert-OH is 2. The molecule has 0 bridgehead atoms. The lowest BCUT2D eigenvalue weighted by atomic mass is 10.0. The number of carbonyl (C=O) groups excluding carboxylic acids is 1. The minimum Gasteiger partial charge on any atom is -0.385 e. The van der Waals surface area contributed by atoms with Gasteiger partial charge in [-0.05, 0) is 6.07 Å². The molecule has 0 saturated heterocycles. The zero-order chi connectivity index (χ0) is 11.6. The lowest BCUT2D eigenvalue weighted by Gasteiger charge is -2.15. The van der Waals surface area contributed by atoms with Crippen molar-refractivity contribution in [2.24, 2.45) is 5.73 Å². The molecule has 0 aromatic heterocycles. The molecule has 1 aromatic rings. The summed E-state index contributed by atoms with van der Waals surface area (Å²) >= 11 is 0. The molecule has 4 N–H and O–H groups in total. The number of hydrogen-bond acceptors (Lipinski definition) is 3. The van der Waals surface area contributed by atoms with E-state index in [0.29, 0.717) is 6.07 Å². The van der Waals surface area contributed by atoms with Gasteiger partial charge in [-0.2, -0.15) is 0 Å². The highest BCUT2D eigenvalue weighted by Gasteiger charge is 2.25. The zero-order valence-corrected chi connectivity index (χ0v) is 7.52. The average molecular weight is 217 g/mol. The predicted octanol–water partition coefficient (Wildman–Crippen LogP) is -0.156. The Balaban J connectivity index is 3.01. The molecule has 0 saturated carbocycles. The van der Waals surface area contributed by atoms with Crippen molar-refractivity contribution >= 4 is 5.91 Å². The fourth-order valence-corrected chi connectivity index (χ4v) is 1.07. The molecular formula is C9H9F2NO3. The number of hydrogen-bond donors (Lipinski definition) is 3. The monoisotopic (exact) mass is 217 g/mol. The number of aliphatic hydroxyl groups is 2. The van der Waals surface area contributed by atoms with Crippen molar-refractivity contribution in [1.82, 2.24) is 0 Å². The first-order valence-electron chi connectivity index (χ1n) is 4.04. The van der Waals surface area contributed by atoms with E-state index in [1.165, 1.54) is 0 Å². The summed E-state index contributed by atoms with van der Waals surface area (Å²) in [6.07, 6.45) is -3.73. The lowest BCUT2D eigenvalue weighted by Crippen LogP contribution is -2.34. The summed E-state index contributed by atoms with van der Waals surface area (Å²) in [5.74, 6) is -3.06. The Morgan fingerprint density at radius 2 is 1.93 bits per heavy atom. The van der Waals surface area contributed by atoms with Crippen LogP contribution in [0.4, 0.5) is 8.78 Å². The minimum atomic E-state index is -1.93. The van der Waals surface area contributed by atoms with Crippen LogP contribution in [0, 0.1) is 11.6 Å². The Kier molecular flexibility index (Phi) is 3.33. The predicted molar refractivity (Wildman–Crippen MR) is 46.5 cm³/mol. The van der Waals surface area contributed by atoms with Crippen LogP contribution < -0.4 is 5.73 Å². The van der Waals surface area contributed by atoms with Gasteiger partial charge in [-0.15, -0.1) is 0 Å². The highest BCUT2D eigenvalue weighted by Crippen LogP contribution is 2.20. The molecule has 6 heteroatoms. The SMILES string of the molecule is NC(=O)C(O)C(O)c1ccc(F)cc1F. The molecule has 0 aliphatic carbocycles. The van der Waals surface area contributed by atoms with Gasteiger partial charge >= 0.3 is 0 Å². The molecule has 1 aromatic carbocycles. The number of carbonyl (C=O) groups is 1. The van der Waals surface area contributed by atoms with E-state index in [9.17, 15) is 18.7 Å². The molecule has 0 aliphatic rings. The number of amides is 1. The molecule has 0 aliphatic heterocycles. The first-order chi connectivity index (χ1) is 6.93. The first kappa shape index (κ1) is 11.5. The standard InChI is InChI=1S/C9H9F2NO3/c10-4-1-2-5(6(11)3-4)7(13)8(14)9(12)15/h1-3,7-8,13-14H,(H2,12,15). The largest absolute Gasteiger partial charge is 0.385 e. The maximum absolute atomic E-state index is 13.1. The second-order valence-electron chi connectivity index (χ2n) is 2.96. The van der Waals surface area contributed by atoms with Crippen molar-refractivity contribution in [2.75, 3.05) is 0 Å². The van der Waals surface area contributed by atoms with Crippen molar-refractivity contribution in [3.8, 4) is 0 Å². The Bertz CT molecular complexity index is 384. The fourth-order valence-electron chi connectivity index (χ4n) is 1.07. The number of rotatable bonds is 3. The smallest absolute Gasteiger partial charge is 0.249 e. The van der Waals surface area contributed by atoms with Crippen LogP contribution in [-0.4, -0.2) is 22.2 Å². The number of benzene rings is 1. The summed E-state index contributed by atoms with van der Waals surface area (Å²) in [6, 6.07) is 2.36. The molecule has 2 atom stereocenters. The van der Waals surface area contributed by atoms with Crippen LogP contribution in [0.15, 0.2) is 18.2 Å². The molecule has 1 amide bonds. The summed E-state index contributed by atoms with van der Waals surface area (Å²) in [5, 5.41) is 18.4. The van der Waals surface area contributed by atoms with Crippen molar-refractivity contribution < 1.29 is 23.8 Å². The Labute approximate surface area is 83.9 Å². The van der Waals surface area contributed by atoms with Crippen molar-refractivity contribution in [3.63, 3.8) is 0 Å². The van der Waals surface area contributed by atoms with E-state index in [-0.39, 0.29) is 5.56 Å². The van der Waals surface area contributed by atoms with E-state index in [1.54, 1.807) is 0 Å². The Morgan fingerprint density at radius 3 is 2.40 bits per heavy atom. The maximum Gasteiger partial charge on any atom is 0.249 e. The third-order valence-electron chi connectivity index (χ3n) is 1.87. The molecule has 2 unspecified atom stereocenters. The minimum absolute atomic E-state index is 0.386. The summed E-state index contributed by atoms with van der Waals surface area (Å²) in [7, 11) is 0. The number of nitrogens with two attached hydrogens (primary N) is 1. The van der Waals surface area contributed by atoms with E-state index in [2.05, 4.69) is 0 Å². The van der Waals surface area contributed by atoms with Crippen molar-refractivity contribution in [3.05, 3.63) is 35.4 Å². The van der Waals surface area contributed by atoms with Gasteiger partial charge in [-0.25, -0.2) is 8.78 Å². The molecule has 15 heavy (non-hydrogen) atoms. The highest BCUT2D eigenvalue weighted by atomic mass is 19.1. The van der Waals surface area contributed by atoms with E-state index in [0.717, 1.165) is 12.1 Å². The van der Waals surface area contributed by atoms with Gasteiger partial charge in [0.25, 0.3) is 0 Å². The van der Waals surface area contributed by atoms with Crippen LogP contribution in [0.2, 0.25) is 0 Å². The molecule has 1 rings (SSSR count). The maximum atomic E-state index is 13.1. The quantitative estimate of drug-likeness (QED) is 0.658. The van der Waals surface area contributed by atoms with Crippen LogP contribution in [0.25, 0.3) is 0 Å². The second-order valence-corrected chi connectivity index (χ2v) is 2.96. The van der Waals surface area contributed by atoms with E-state index in [1.807, 2.05) is 0 Å². The van der Waals surface area contributed by atoms with Crippen LogP contribution in [0.5, 0.6) is 0 Å². The molecule has 0 spiro atoms. The van der Waals surface area contributed by atoms with Gasteiger partial charge < -0.3 is 15.9 Å². The first-order valence-corrected chi connectivity index (χ1v) is 4.04. The van der Waals surface area contributed by atoms with E-state index >= 15 is 0 Å². The van der Waals surface area contributed by atoms with Gasteiger partial charge in [-0.3, -0.25) is 4.79 Å². The molecule has 82 valence electrons. The average Bonchev–Trinajstić information content (AvgIpc) is 2.15. The van der Waals surface area contributed by atoms with Crippen LogP contribution in [0.3, 0.4) is 0 Å². The third-order valence-corrected chi connectivity index (χ3v) is 1.87. The molecule has 4 nitrogen and oxygen atoms in total. The van der Waals surface area contributed by atoms with Gasteiger partial charge in [0.2, 0.25) is 5.91 Å². The molecule has 0 fully saturated rings. The summed E-state index contributed by atoms with van der Waals surface area (Å²) in [6.45, 7) is 0. The topological polar surface area (TPSA) is 83.6 Å².